The van der Waals surface area contributed by atoms with Gasteiger partial charge < -0.3 is 14.2 Å². The Hall–Kier alpha value is -3.67. The van der Waals surface area contributed by atoms with Gasteiger partial charge >= 0.3 is 17.9 Å². The Morgan fingerprint density at radius 1 is 0.256 bits per heavy atom. The van der Waals surface area contributed by atoms with Crippen molar-refractivity contribution in [3.05, 3.63) is 97.2 Å². The molecule has 472 valence electrons. The van der Waals surface area contributed by atoms with E-state index in [0.29, 0.717) is 19.3 Å². The maximum absolute atomic E-state index is 12.9. The molecular formula is C76H132O6. The van der Waals surface area contributed by atoms with Crippen LogP contribution in [0.4, 0.5) is 0 Å². The van der Waals surface area contributed by atoms with Gasteiger partial charge in [0.05, 0.1) is 0 Å². The molecule has 0 saturated carbocycles. The maximum Gasteiger partial charge on any atom is 0.306 e. The fraction of sp³-hybridized carbons (Fsp3) is 0.750. The summed E-state index contributed by atoms with van der Waals surface area (Å²) in [6.07, 6.45) is 94.4. The Balaban J connectivity index is 4.23. The Kier molecular flexibility index (Phi) is 66.7. The highest BCUT2D eigenvalue weighted by atomic mass is 16.6. The van der Waals surface area contributed by atoms with Crippen molar-refractivity contribution in [2.75, 3.05) is 13.2 Å². The summed E-state index contributed by atoms with van der Waals surface area (Å²) in [6, 6.07) is 0. The van der Waals surface area contributed by atoms with Crippen LogP contribution in [-0.2, 0) is 28.6 Å². The van der Waals surface area contributed by atoms with Crippen molar-refractivity contribution in [2.45, 2.75) is 354 Å². The number of rotatable bonds is 64. The molecule has 0 heterocycles. The van der Waals surface area contributed by atoms with Gasteiger partial charge in [0.25, 0.3) is 0 Å². The largest absolute Gasteiger partial charge is 0.462 e. The zero-order valence-corrected chi connectivity index (χ0v) is 54.2. The Labute approximate surface area is 508 Å². The molecule has 0 aromatic carbocycles. The average Bonchev–Trinajstić information content (AvgIpc) is 3.47. The lowest BCUT2D eigenvalue weighted by Crippen LogP contribution is -2.30. The van der Waals surface area contributed by atoms with Gasteiger partial charge in [0.1, 0.15) is 13.2 Å². The number of ether oxygens (including phenoxy) is 3. The van der Waals surface area contributed by atoms with E-state index in [0.717, 1.165) is 116 Å². The van der Waals surface area contributed by atoms with Crippen LogP contribution in [0.2, 0.25) is 0 Å². The lowest BCUT2D eigenvalue weighted by molar-refractivity contribution is -0.167. The molecule has 0 aliphatic rings. The third-order valence-corrected chi connectivity index (χ3v) is 15.3. The smallest absolute Gasteiger partial charge is 0.306 e. The number of hydrogen-bond donors (Lipinski definition) is 0. The number of carbonyl (C=O) groups is 3. The number of unbranched alkanes of at least 4 members (excludes halogenated alkanes) is 37. The molecular weight excluding hydrogens is 1010 g/mol. The molecule has 0 saturated heterocycles. The second-order valence-corrected chi connectivity index (χ2v) is 23.4. The molecule has 0 aromatic heterocycles. The number of esters is 3. The van der Waals surface area contributed by atoms with E-state index in [1.54, 1.807) is 0 Å². The van der Waals surface area contributed by atoms with Crippen molar-refractivity contribution in [1.82, 2.24) is 0 Å². The van der Waals surface area contributed by atoms with Crippen LogP contribution in [0.3, 0.4) is 0 Å². The second kappa shape index (κ2) is 69.8. The summed E-state index contributed by atoms with van der Waals surface area (Å²) < 4.78 is 16.9. The molecule has 0 aromatic rings. The molecule has 6 nitrogen and oxygen atoms in total. The summed E-state index contributed by atoms with van der Waals surface area (Å²) in [5.41, 5.74) is 0. The average molecular weight is 1140 g/mol. The molecule has 82 heavy (non-hydrogen) atoms. The van der Waals surface area contributed by atoms with E-state index in [9.17, 15) is 14.4 Å². The zero-order valence-electron chi connectivity index (χ0n) is 54.2. The van der Waals surface area contributed by atoms with E-state index < -0.39 is 6.10 Å². The van der Waals surface area contributed by atoms with E-state index in [-0.39, 0.29) is 31.1 Å². The number of hydrogen-bond acceptors (Lipinski definition) is 6. The fourth-order valence-corrected chi connectivity index (χ4v) is 10.1. The minimum atomic E-state index is -0.783. The topological polar surface area (TPSA) is 78.9 Å². The SMILES string of the molecule is CC/C=C\C/C=C\C/C=C\C/C=C\C/C=C\C/C=C\C/C=C\CCCCCCCCCCCC(=O)OCC(COC(=O)CCCCCCC/C=C\CCCC)OC(=O)CCCCCCCCCCCCCCCCCCCCCCCC. The molecule has 6 heteroatoms. The van der Waals surface area contributed by atoms with Gasteiger partial charge in [0, 0.05) is 19.3 Å². The first kappa shape index (κ1) is 78.3. The highest BCUT2D eigenvalue weighted by molar-refractivity contribution is 5.71. The highest BCUT2D eigenvalue weighted by Crippen LogP contribution is 2.18. The number of allylic oxidation sites excluding steroid dienone is 16. The van der Waals surface area contributed by atoms with Gasteiger partial charge in [-0.05, 0) is 96.3 Å². The summed E-state index contributed by atoms with van der Waals surface area (Å²) in [5.74, 6) is -0.879. The predicted molar refractivity (Wildman–Crippen MR) is 357 cm³/mol. The van der Waals surface area contributed by atoms with E-state index in [4.69, 9.17) is 14.2 Å². The monoisotopic (exact) mass is 1140 g/mol. The summed E-state index contributed by atoms with van der Waals surface area (Å²) >= 11 is 0. The van der Waals surface area contributed by atoms with Crippen molar-refractivity contribution in [2.24, 2.45) is 0 Å². The van der Waals surface area contributed by atoms with Gasteiger partial charge in [-0.1, -0.05) is 330 Å². The van der Waals surface area contributed by atoms with Gasteiger partial charge in [-0.2, -0.15) is 0 Å². The van der Waals surface area contributed by atoms with Crippen molar-refractivity contribution in [3.63, 3.8) is 0 Å². The van der Waals surface area contributed by atoms with Crippen LogP contribution in [0.25, 0.3) is 0 Å². The summed E-state index contributed by atoms with van der Waals surface area (Å²) in [6.45, 7) is 6.52. The minimum Gasteiger partial charge on any atom is -0.462 e. The molecule has 0 amide bonds. The van der Waals surface area contributed by atoms with Crippen LogP contribution >= 0.6 is 0 Å². The van der Waals surface area contributed by atoms with Crippen molar-refractivity contribution in [1.29, 1.82) is 0 Å². The van der Waals surface area contributed by atoms with Crippen LogP contribution in [0.1, 0.15) is 348 Å². The van der Waals surface area contributed by atoms with Gasteiger partial charge in [-0.3, -0.25) is 14.4 Å². The number of carbonyl (C=O) groups excluding carboxylic acids is 3. The van der Waals surface area contributed by atoms with E-state index >= 15 is 0 Å². The molecule has 0 aliphatic heterocycles. The van der Waals surface area contributed by atoms with Crippen LogP contribution in [0, 0.1) is 0 Å². The fourth-order valence-electron chi connectivity index (χ4n) is 10.1. The maximum atomic E-state index is 12.9. The first-order chi connectivity index (χ1) is 40.5. The molecule has 0 radical (unpaired) electrons. The Bertz CT molecular complexity index is 1590. The highest BCUT2D eigenvalue weighted by Gasteiger charge is 2.19. The van der Waals surface area contributed by atoms with Crippen molar-refractivity contribution >= 4 is 17.9 Å². The summed E-state index contributed by atoms with van der Waals surface area (Å²) in [7, 11) is 0. The van der Waals surface area contributed by atoms with E-state index in [2.05, 4.69) is 118 Å². The quantitative estimate of drug-likeness (QED) is 0.0261. The van der Waals surface area contributed by atoms with E-state index in [1.807, 2.05) is 0 Å². The molecule has 0 rings (SSSR count). The summed E-state index contributed by atoms with van der Waals surface area (Å²) in [5, 5.41) is 0. The van der Waals surface area contributed by atoms with Crippen molar-refractivity contribution in [3.8, 4) is 0 Å². The zero-order chi connectivity index (χ0) is 59.2. The molecule has 0 N–H and O–H groups in total. The second-order valence-electron chi connectivity index (χ2n) is 23.4. The first-order valence-electron chi connectivity index (χ1n) is 35.2. The third kappa shape index (κ3) is 67.1. The van der Waals surface area contributed by atoms with Crippen molar-refractivity contribution < 1.29 is 28.6 Å². The van der Waals surface area contributed by atoms with Crippen LogP contribution < -0.4 is 0 Å². The van der Waals surface area contributed by atoms with E-state index in [1.165, 1.54) is 193 Å². The molecule has 1 unspecified atom stereocenters. The van der Waals surface area contributed by atoms with Gasteiger partial charge in [-0.25, -0.2) is 0 Å². The summed E-state index contributed by atoms with van der Waals surface area (Å²) in [4.78, 5) is 38.4. The Morgan fingerprint density at radius 2 is 0.488 bits per heavy atom. The van der Waals surface area contributed by atoms with Crippen LogP contribution in [-0.4, -0.2) is 37.2 Å². The van der Waals surface area contributed by atoms with Crippen LogP contribution in [0.5, 0.6) is 0 Å². The molecule has 0 fully saturated rings. The first-order valence-corrected chi connectivity index (χ1v) is 35.2. The molecule has 0 bridgehead atoms. The standard InChI is InChI=1S/C76H132O6/c1-4-7-10-13-16-19-22-24-26-28-30-32-34-35-36-37-38-39-40-41-42-44-45-47-49-51-54-57-60-63-66-69-75(78)81-72-73(71-80-74(77)68-65-62-59-56-53-21-18-15-12-9-6-3)82-76(79)70-67-64-61-58-55-52-50-48-46-43-33-31-29-27-25-23-20-17-14-11-8-5-2/h7,10,15-16,18-19,24,26,30,32,35-36,38-39,41-42,73H,4-6,8-9,11-14,17,20-23,25,27-29,31,33-34,37,40,43-72H2,1-3H3/b10-7-,18-15-,19-16-,26-24-,32-30-,36-35-,39-38-,42-41-. The minimum absolute atomic E-state index is 0.0800. The Morgan fingerprint density at radius 3 is 0.793 bits per heavy atom. The third-order valence-electron chi connectivity index (χ3n) is 15.3. The normalized spacial score (nSPS) is 12.7. The predicted octanol–water partition coefficient (Wildman–Crippen LogP) is 24.4. The van der Waals surface area contributed by atoms with Crippen LogP contribution in [0.15, 0.2) is 97.2 Å². The van der Waals surface area contributed by atoms with Gasteiger partial charge in [-0.15, -0.1) is 0 Å². The molecule has 0 aliphatic carbocycles. The molecule has 1 atom stereocenters. The van der Waals surface area contributed by atoms with Gasteiger partial charge in [0.15, 0.2) is 6.10 Å². The lowest BCUT2D eigenvalue weighted by Gasteiger charge is -2.18. The molecule has 0 spiro atoms. The van der Waals surface area contributed by atoms with Gasteiger partial charge in [0.2, 0.25) is 0 Å². The lowest BCUT2D eigenvalue weighted by atomic mass is 10.0.